The van der Waals surface area contributed by atoms with Crippen molar-refractivity contribution in [3.05, 3.63) is 71.2 Å². The second-order valence-corrected chi connectivity index (χ2v) is 6.03. The molecule has 1 fully saturated rings. The minimum absolute atomic E-state index is 0.200. The van der Waals surface area contributed by atoms with Crippen molar-refractivity contribution >= 4 is 11.9 Å². The Morgan fingerprint density at radius 1 is 1.00 bits per heavy atom. The molecule has 0 saturated carbocycles. The van der Waals surface area contributed by atoms with E-state index in [0.29, 0.717) is 23.4 Å². The Bertz CT molecular complexity index is 725. The number of carbonyl (C=O) groups is 2. The molecule has 1 amide bonds. The van der Waals surface area contributed by atoms with Gasteiger partial charge in [-0.3, -0.25) is 4.79 Å². The van der Waals surface area contributed by atoms with Crippen LogP contribution in [0.2, 0.25) is 0 Å². The molecule has 1 atom stereocenters. The van der Waals surface area contributed by atoms with Crippen LogP contribution in [0.15, 0.2) is 54.9 Å². The van der Waals surface area contributed by atoms with E-state index in [1.54, 1.807) is 17.0 Å². The highest BCUT2D eigenvalue weighted by atomic mass is 16.5. The molecule has 6 nitrogen and oxygen atoms in total. The predicted molar refractivity (Wildman–Crippen MR) is 90.4 cm³/mol. The Kier molecular flexibility index (Phi) is 5.28. The summed E-state index contributed by atoms with van der Waals surface area (Å²) < 4.78 is 6.12. The summed E-state index contributed by atoms with van der Waals surface area (Å²) in [6.07, 6.45) is 4.50. The number of pyridine rings is 1. The summed E-state index contributed by atoms with van der Waals surface area (Å²) >= 11 is 0. The first-order valence-corrected chi connectivity index (χ1v) is 8.39. The van der Waals surface area contributed by atoms with E-state index in [9.17, 15) is 14.8 Å². The Morgan fingerprint density at radius 2 is 1.64 bits per heavy atom. The van der Waals surface area contributed by atoms with Crippen molar-refractivity contribution in [2.45, 2.75) is 25.4 Å². The average molecular weight is 340 g/mol. The summed E-state index contributed by atoms with van der Waals surface area (Å²) in [6, 6.07) is 11.8. The molecule has 1 saturated heterocycles. The molecule has 0 spiro atoms. The molecule has 0 unspecified atom stereocenters. The number of esters is 1. The molecule has 0 N–H and O–H groups in total. The standard InChI is InChI=1S/C19H20N2O4/c22-18(20-11-5-2-6-12-20)17(15-7-3-1-4-8-15)25-19(23)16-9-13-21(24)14-10-16/h1,3-4,7-10,13-14,17H,2,5-6,11-12H2/t17-/m1/s1. The van der Waals surface area contributed by atoms with Crippen molar-refractivity contribution in [2.75, 3.05) is 13.1 Å². The molecule has 0 bridgehead atoms. The topological polar surface area (TPSA) is 73.6 Å². The summed E-state index contributed by atoms with van der Waals surface area (Å²) in [7, 11) is 0. The lowest BCUT2D eigenvalue weighted by Gasteiger charge is -2.30. The molecule has 0 radical (unpaired) electrons. The van der Waals surface area contributed by atoms with Gasteiger partial charge >= 0.3 is 5.97 Å². The van der Waals surface area contributed by atoms with Crippen LogP contribution in [0, 0.1) is 5.21 Å². The van der Waals surface area contributed by atoms with Crippen molar-refractivity contribution in [1.29, 1.82) is 0 Å². The molecule has 3 rings (SSSR count). The number of nitrogens with zero attached hydrogens (tertiary/aromatic N) is 2. The fourth-order valence-electron chi connectivity index (χ4n) is 2.89. The molecule has 25 heavy (non-hydrogen) atoms. The van der Waals surface area contributed by atoms with Crippen LogP contribution in [0.5, 0.6) is 0 Å². The van der Waals surface area contributed by atoms with E-state index in [4.69, 9.17) is 4.74 Å². The first-order valence-electron chi connectivity index (χ1n) is 8.39. The zero-order valence-corrected chi connectivity index (χ0v) is 13.8. The van der Waals surface area contributed by atoms with Crippen molar-refractivity contribution in [1.82, 2.24) is 4.90 Å². The Hall–Kier alpha value is -2.89. The van der Waals surface area contributed by atoms with Crippen LogP contribution in [-0.2, 0) is 9.53 Å². The number of hydrogen-bond acceptors (Lipinski definition) is 4. The van der Waals surface area contributed by atoms with Gasteiger partial charge < -0.3 is 14.8 Å². The van der Waals surface area contributed by atoms with Gasteiger partial charge in [0, 0.05) is 30.8 Å². The van der Waals surface area contributed by atoms with E-state index >= 15 is 0 Å². The number of likely N-dealkylation sites (tertiary alicyclic amines) is 1. The number of piperidine rings is 1. The Morgan fingerprint density at radius 3 is 2.28 bits per heavy atom. The summed E-state index contributed by atoms with van der Waals surface area (Å²) in [5, 5.41) is 11.1. The fourth-order valence-corrected chi connectivity index (χ4v) is 2.89. The molecule has 2 aromatic rings. The second-order valence-electron chi connectivity index (χ2n) is 6.03. The smallest absolute Gasteiger partial charge is 0.339 e. The molecule has 6 heteroatoms. The monoisotopic (exact) mass is 340 g/mol. The highest BCUT2D eigenvalue weighted by molar-refractivity contribution is 5.92. The van der Waals surface area contributed by atoms with E-state index in [-0.39, 0.29) is 11.5 Å². The van der Waals surface area contributed by atoms with Gasteiger partial charge in [-0.1, -0.05) is 30.3 Å². The summed E-state index contributed by atoms with van der Waals surface area (Å²) in [4.78, 5) is 27.1. The minimum atomic E-state index is -0.980. The van der Waals surface area contributed by atoms with Crippen LogP contribution in [0.4, 0.5) is 0 Å². The van der Waals surface area contributed by atoms with Gasteiger partial charge in [-0.2, -0.15) is 4.73 Å². The largest absolute Gasteiger partial charge is 0.619 e. The minimum Gasteiger partial charge on any atom is -0.619 e. The maximum absolute atomic E-state index is 12.9. The number of benzene rings is 1. The third kappa shape index (κ3) is 4.15. The molecular formula is C19H20N2O4. The van der Waals surface area contributed by atoms with Gasteiger partial charge in [-0.05, 0) is 19.3 Å². The maximum atomic E-state index is 12.9. The van der Waals surface area contributed by atoms with Crippen molar-refractivity contribution in [2.24, 2.45) is 0 Å². The van der Waals surface area contributed by atoms with Gasteiger partial charge in [0.1, 0.15) is 0 Å². The van der Waals surface area contributed by atoms with Crippen LogP contribution in [-0.4, -0.2) is 29.9 Å². The molecule has 2 heterocycles. The highest BCUT2D eigenvalue weighted by Gasteiger charge is 2.30. The molecule has 1 aromatic carbocycles. The molecule has 130 valence electrons. The number of aromatic nitrogens is 1. The highest BCUT2D eigenvalue weighted by Crippen LogP contribution is 2.23. The second kappa shape index (κ2) is 7.79. The Labute approximate surface area is 146 Å². The van der Waals surface area contributed by atoms with E-state index in [1.807, 2.05) is 18.2 Å². The molecule has 1 aromatic heterocycles. The molecule has 1 aliphatic heterocycles. The average Bonchev–Trinajstić information content (AvgIpc) is 2.67. The van der Waals surface area contributed by atoms with Gasteiger partial charge in [0.05, 0.1) is 5.56 Å². The van der Waals surface area contributed by atoms with Crippen LogP contribution >= 0.6 is 0 Å². The van der Waals surface area contributed by atoms with Crippen LogP contribution < -0.4 is 4.73 Å². The number of rotatable bonds is 4. The third-order valence-electron chi connectivity index (χ3n) is 4.26. The zero-order chi connectivity index (χ0) is 17.6. The van der Waals surface area contributed by atoms with E-state index in [1.165, 1.54) is 24.5 Å². The van der Waals surface area contributed by atoms with Crippen molar-refractivity contribution in [3.8, 4) is 0 Å². The lowest BCUT2D eigenvalue weighted by molar-refractivity contribution is -0.605. The SMILES string of the molecule is O=C(O[C@@H](C(=O)N1CCCCC1)c1ccccc1)c1cc[n+]([O-])cc1. The lowest BCUT2D eigenvalue weighted by atomic mass is 10.1. The lowest BCUT2D eigenvalue weighted by Crippen LogP contribution is -2.40. The molecule has 0 aliphatic carbocycles. The Balaban J connectivity index is 1.82. The van der Waals surface area contributed by atoms with Crippen LogP contribution in [0.25, 0.3) is 0 Å². The van der Waals surface area contributed by atoms with Crippen LogP contribution in [0.1, 0.15) is 41.3 Å². The van der Waals surface area contributed by atoms with Gasteiger partial charge in [0.2, 0.25) is 6.10 Å². The van der Waals surface area contributed by atoms with E-state index < -0.39 is 12.1 Å². The number of amides is 1. The number of hydrogen-bond donors (Lipinski definition) is 0. The van der Waals surface area contributed by atoms with Gasteiger partial charge in [0.25, 0.3) is 5.91 Å². The number of ether oxygens (including phenoxy) is 1. The summed E-state index contributed by atoms with van der Waals surface area (Å²) in [5.74, 6) is -0.825. The molecular weight excluding hydrogens is 320 g/mol. The van der Waals surface area contributed by atoms with Crippen molar-refractivity contribution < 1.29 is 19.1 Å². The van der Waals surface area contributed by atoms with Gasteiger partial charge in [-0.15, -0.1) is 0 Å². The predicted octanol–water partition coefficient (Wildman–Crippen LogP) is 2.23. The van der Waals surface area contributed by atoms with Crippen LogP contribution in [0.3, 0.4) is 0 Å². The summed E-state index contributed by atoms with van der Waals surface area (Å²) in [5.41, 5.74) is 0.876. The van der Waals surface area contributed by atoms with Gasteiger partial charge in [-0.25, -0.2) is 4.79 Å². The van der Waals surface area contributed by atoms with Gasteiger partial charge in [0.15, 0.2) is 12.4 Å². The third-order valence-corrected chi connectivity index (χ3v) is 4.26. The first kappa shape index (κ1) is 17.0. The zero-order valence-electron chi connectivity index (χ0n) is 13.8. The summed E-state index contributed by atoms with van der Waals surface area (Å²) in [6.45, 7) is 1.36. The van der Waals surface area contributed by atoms with E-state index in [0.717, 1.165) is 19.3 Å². The normalized spacial score (nSPS) is 15.4. The van der Waals surface area contributed by atoms with E-state index in [2.05, 4.69) is 0 Å². The fraction of sp³-hybridized carbons (Fsp3) is 0.316. The molecule has 1 aliphatic rings. The number of carbonyl (C=O) groups excluding carboxylic acids is 2. The quantitative estimate of drug-likeness (QED) is 0.486. The van der Waals surface area contributed by atoms with Crippen molar-refractivity contribution in [3.63, 3.8) is 0 Å². The first-order chi connectivity index (χ1) is 12.1. The maximum Gasteiger partial charge on any atom is 0.339 e.